The van der Waals surface area contributed by atoms with Crippen LogP contribution >= 0.6 is 0 Å². The molecular formula is C98H64N2O2. The molecule has 0 amide bonds. The fourth-order valence-corrected chi connectivity index (χ4v) is 18.4. The molecule has 0 fully saturated rings. The summed E-state index contributed by atoms with van der Waals surface area (Å²) in [6.45, 7) is 13.6. The Kier molecular flexibility index (Phi) is 11.7. The molecule has 478 valence electrons. The van der Waals surface area contributed by atoms with Crippen LogP contribution in [0.1, 0.15) is 33.4 Å². The van der Waals surface area contributed by atoms with Crippen molar-refractivity contribution < 1.29 is 8.83 Å². The Bertz CT molecular complexity index is 7390. The minimum atomic E-state index is 0.878. The maximum absolute atomic E-state index is 7.62. The van der Waals surface area contributed by atoms with Crippen LogP contribution in [0.4, 0.5) is 0 Å². The van der Waals surface area contributed by atoms with Crippen molar-refractivity contribution in [3.05, 3.63) is 312 Å². The van der Waals surface area contributed by atoms with Crippen molar-refractivity contribution in [3.63, 3.8) is 0 Å². The van der Waals surface area contributed by atoms with E-state index in [-0.39, 0.29) is 0 Å². The number of furan rings is 2. The molecule has 0 unspecified atom stereocenters. The van der Waals surface area contributed by atoms with Crippen molar-refractivity contribution in [1.82, 2.24) is 8.80 Å². The van der Waals surface area contributed by atoms with Crippen LogP contribution in [-0.2, 0) is 0 Å². The molecule has 0 spiro atoms. The van der Waals surface area contributed by atoms with Crippen LogP contribution in [0.2, 0.25) is 0 Å². The number of nitrogens with zero attached hydrogens (tertiary/aromatic N) is 2. The van der Waals surface area contributed by atoms with Crippen molar-refractivity contribution in [2.75, 3.05) is 0 Å². The van der Waals surface area contributed by atoms with Gasteiger partial charge in [-0.1, -0.05) is 188 Å². The molecule has 0 aliphatic heterocycles. The lowest BCUT2D eigenvalue weighted by molar-refractivity contribution is 0.600. The summed E-state index contributed by atoms with van der Waals surface area (Å²) in [5.41, 5.74) is 26.3. The second-order valence-corrected chi connectivity index (χ2v) is 28.9. The summed E-state index contributed by atoms with van der Waals surface area (Å²) in [6, 6.07) is 104. The number of hydrogen-bond acceptors (Lipinski definition) is 2. The van der Waals surface area contributed by atoms with Crippen molar-refractivity contribution in [2.45, 2.75) is 41.5 Å². The number of aryl methyl sites for hydroxylation is 6. The van der Waals surface area contributed by atoms with Gasteiger partial charge in [-0.05, 0) is 242 Å². The molecule has 0 radical (unpaired) electrons. The van der Waals surface area contributed by atoms with Gasteiger partial charge in [0.15, 0.2) is 0 Å². The highest BCUT2D eigenvalue weighted by molar-refractivity contribution is 6.31. The Morgan fingerprint density at radius 3 is 1.19 bits per heavy atom. The largest absolute Gasteiger partial charge is 0.455 e. The Morgan fingerprint density at radius 2 is 0.598 bits per heavy atom. The van der Waals surface area contributed by atoms with Crippen molar-refractivity contribution >= 4 is 141 Å². The van der Waals surface area contributed by atoms with E-state index in [1.165, 1.54) is 180 Å². The summed E-state index contributed by atoms with van der Waals surface area (Å²) in [6.07, 6.45) is 0. The molecule has 4 heteroatoms. The van der Waals surface area contributed by atoms with Crippen molar-refractivity contribution in [1.29, 1.82) is 0 Å². The number of benzene rings is 16. The third-order valence-electron chi connectivity index (χ3n) is 23.1. The average Bonchev–Trinajstić information content (AvgIpc) is 1.52. The smallest absolute Gasteiger partial charge is 0.143 e. The zero-order valence-electron chi connectivity index (χ0n) is 57.3. The second kappa shape index (κ2) is 20.9. The number of hydrogen-bond donors (Lipinski definition) is 0. The Balaban J connectivity index is 0.727. The monoisotopic (exact) mass is 1300 g/mol. The fourth-order valence-electron chi connectivity index (χ4n) is 18.4. The topological polar surface area (TPSA) is 35.1 Å². The lowest BCUT2D eigenvalue weighted by atomic mass is 9.89. The van der Waals surface area contributed by atoms with E-state index in [1.54, 1.807) is 0 Å². The number of rotatable bonds is 7. The first-order valence-corrected chi connectivity index (χ1v) is 35.6. The predicted molar refractivity (Wildman–Crippen MR) is 432 cm³/mol. The Hall–Kier alpha value is -12.8. The molecule has 102 heavy (non-hydrogen) atoms. The van der Waals surface area contributed by atoms with Gasteiger partial charge in [-0.2, -0.15) is 0 Å². The molecule has 0 aliphatic carbocycles. The summed E-state index contributed by atoms with van der Waals surface area (Å²) in [4.78, 5) is 0. The predicted octanol–water partition coefficient (Wildman–Crippen LogP) is 27.6. The first kappa shape index (κ1) is 57.2. The summed E-state index contributed by atoms with van der Waals surface area (Å²) in [5.74, 6) is 3.60. The van der Waals surface area contributed by atoms with Gasteiger partial charge in [0.25, 0.3) is 0 Å². The van der Waals surface area contributed by atoms with Crippen LogP contribution in [0, 0.1) is 41.5 Å². The molecule has 0 saturated heterocycles. The van der Waals surface area contributed by atoms with Crippen molar-refractivity contribution in [2.24, 2.45) is 0 Å². The molecule has 0 bridgehead atoms. The summed E-state index contributed by atoms with van der Waals surface area (Å²) < 4.78 is 19.6. The molecule has 16 aromatic carbocycles. The van der Waals surface area contributed by atoms with Gasteiger partial charge in [-0.3, -0.25) is 0 Å². The van der Waals surface area contributed by atoms with Gasteiger partial charge in [-0.15, -0.1) is 0 Å². The molecule has 6 heterocycles. The standard InChI is InChI=1S/C98H64N2O2/c1-53-19-16-20-54(2)88(53)69-37-38-76-81(44-69)98(89-55(3)21-17-22-56(89)4)102-97(76)90-57(5)91-82-43-62-26-11-13-28-64(62)50-86(82)100-87-52-68-36-34-66(41-72(68)48-83(87)92(58(90)6)94(91)100)65-33-35-67-51-85-78(45-71(67)40-65)80-47-73(46-79-77-42-61-25-10-12-27-63(61)49-84(77)99(85)93(79)80)60-29-18-30-70(39-60)96-75-32-15-14-31-74(75)95(101-96)59-23-8-7-9-24-59/h7-52H,1-6H3. The Labute approximate surface area is 587 Å². The van der Waals surface area contributed by atoms with Crippen LogP contribution in [0.5, 0.6) is 0 Å². The van der Waals surface area contributed by atoms with E-state index in [2.05, 4.69) is 329 Å². The first-order chi connectivity index (χ1) is 50.0. The van der Waals surface area contributed by atoms with E-state index < -0.39 is 0 Å². The van der Waals surface area contributed by atoms with Crippen LogP contribution in [-0.4, -0.2) is 8.80 Å². The second-order valence-electron chi connectivity index (χ2n) is 28.9. The van der Waals surface area contributed by atoms with E-state index >= 15 is 0 Å². The van der Waals surface area contributed by atoms with Crippen LogP contribution in [0.3, 0.4) is 0 Å². The molecule has 22 aromatic rings. The van der Waals surface area contributed by atoms with E-state index in [0.29, 0.717) is 0 Å². The van der Waals surface area contributed by atoms with Crippen LogP contribution in [0.15, 0.2) is 288 Å². The van der Waals surface area contributed by atoms with Gasteiger partial charge >= 0.3 is 0 Å². The average molecular weight is 1300 g/mol. The molecule has 0 N–H and O–H groups in total. The summed E-state index contributed by atoms with van der Waals surface area (Å²) in [5, 5.41) is 24.2. The quantitative estimate of drug-likeness (QED) is 0.159. The van der Waals surface area contributed by atoms with E-state index in [1.807, 2.05) is 0 Å². The van der Waals surface area contributed by atoms with Crippen molar-refractivity contribution in [3.8, 4) is 78.7 Å². The molecule has 6 aromatic heterocycles. The maximum atomic E-state index is 7.62. The Morgan fingerprint density at radius 1 is 0.206 bits per heavy atom. The zero-order valence-corrected chi connectivity index (χ0v) is 57.3. The van der Waals surface area contributed by atoms with Gasteiger partial charge in [0.1, 0.15) is 23.0 Å². The normalized spacial score (nSPS) is 12.4. The van der Waals surface area contributed by atoms with Gasteiger partial charge in [-0.25, -0.2) is 0 Å². The highest BCUT2D eigenvalue weighted by Crippen LogP contribution is 2.53. The zero-order chi connectivity index (χ0) is 67.7. The molecule has 4 nitrogen and oxygen atoms in total. The minimum Gasteiger partial charge on any atom is -0.455 e. The van der Waals surface area contributed by atoms with E-state index in [4.69, 9.17) is 8.83 Å². The lowest BCUT2D eigenvalue weighted by Crippen LogP contribution is -1.91. The maximum Gasteiger partial charge on any atom is 0.143 e. The van der Waals surface area contributed by atoms with Gasteiger partial charge in [0.05, 0.1) is 33.1 Å². The number of fused-ring (bicyclic) bond motifs is 18. The van der Waals surface area contributed by atoms with Crippen LogP contribution < -0.4 is 0 Å². The lowest BCUT2D eigenvalue weighted by Gasteiger charge is -2.13. The highest BCUT2D eigenvalue weighted by Gasteiger charge is 2.30. The van der Waals surface area contributed by atoms with Crippen LogP contribution in [0.25, 0.3) is 220 Å². The highest BCUT2D eigenvalue weighted by atomic mass is 16.3. The van der Waals surface area contributed by atoms with Gasteiger partial charge < -0.3 is 17.6 Å². The van der Waals surface area contributed by atoms with E-state index in [0.717, 1.165) is 72.4 Å². The number of aromatic nitrogens is 2. The summed E-state index contributed by atoms with van der Waals surface area (Å²) >= 11 is 0. The van der Waals surface area contributed by atoms with E-state index in [9.17, 15) is 0 Å². The molecule has 0 aliphatic rings. The van der Waals surface area contributed by atoms with Gasteiger partial charge in [0.2, 0.25) is 0 Å². The van der Waals surface area contributed by atoms with Gasteiger partial charge in [0, 0.05) is 86.9 Å². The minimum absolute atomic E-state index is 0.878. The third kappa shape index (κ3) is 7.97. The molecule has 22 rings (SSSR count). The first-order valence-electron chi connectivity index (χ1n) is 35.6. The fraction of sp³-hybridized carbons (Fsp3) is 0.0612. The molecular weight excluding hydrogens is 1240 g/mol. The third-order valence-corrected chi connectivity index (χ3v) is 23.1. The molecule has 0 atom stereocenters. The summed E-state index contributed by atoms with van der Waals surface area (Å²) in [7, 11) is 0. The molecule has 0 saturated carbocycles. The SMILES string of the molecule is Cc1cccc(C)c1-c1ccc2c(-c3c(C)c4c5cc6ccccc6cc5n5c6cc7ccc(-c8ccc9cc%10c(cc9c8)c8cc(-c9cccc(-c%11oc(-c%12ccccc%12)c%12ccccc%11%12)c9)cc9c%11cc%12ccccc%12cc%11n%10c98)cc7cc6c(c3C)c45)oc(-c3c(C)cccc3C)c2c1.